The molecule has 0 bridgehead atoms. The number of hydrogen-bond acceptors (Lipinski definition) is 3. The van der Waals surface area contributed by atoms with Gasteiger partial charge in [0.25, 0.3) is 0 Å². The summed E-state index contributed by atoms with van der Waals surface area (Å²) in [4.78, 5) is 0. The van der Waals surface area contributed by atoms with E-state index in [4.69, 9.17) is 0 Å². The highest BCUT2D eigenvalue weighted by molar-refractivity contribution is 5.82. The van der Waals surface area contributed by atoms with Crippen molar-refractivity contribution in [1.29, 1.82) is 0 Å². The first kappa shape index (κ1) is 21.2. The molecule has 172 valence electrons. The average Bonchev–Trinajstić information content (AvgIpc) is 3.43. The van der Waals surface area contributed by atoms with Crippen molar-refractivity contribution in [3.8, 4) is 39.4 Å². The Kier molecular flexibility index (Phi) is 5.46. The second-order valence-corrected chi connectivity index (χ2v) is 10.1. The number of phenolic OH excluding ortho intramolecular Hbond substituents is 1. The van der Waals surface area contributed by atoms with Crippen LogP contribution in [0.5, 0.6) is 5.75 Å². The summed E-state index contributed by atoms with van der Waals surface area (Å²) in [6.07, 6.45) is 6.23. The summed E-state index contributed by atoms with van der Waals surface area (Å²) in [5.74, 6) is 1.17. The third kappa shape index (κ3) is 4.03. The predicted molar refractivity (Wildman–Crippen MR) is 138 cm³/mol. The number of benzene rings is 3. The Balaban J connectivity index is 1.18. The lowest BCUT2D eigenvalue weighted by atomic mass is 9.87. The third-order valence-corrected chi connectivity index (χ3v) is 7.64. The van der Waals surface area contributed by atoms with Crippen LogP contribution >= 0.6 is 0 Å². The van der Waals surface area contributed by atoms with Crippen LogP contribution in [0.15, 0.2) is 66.7 Å². The molecular weight excluding hydrogens is 418 g/mol. The second-order valence-electron chi connectivity index (χ2n) is 10.1. The quantitative estimate of drug-likeness (QED) is 0.280. The van der Waals surface area contributed by atoms with Gasteiger partial charge < -0.3 is 10.4 Å². The normalized spacial score (nSPS) is 19.1. The molecular formula is C30H31N3O. The molecule has 4 aromatic rings. The maximum atomic E-state index is 9.54. The zero-order chi connectivity index (χ0) is 23.1. The van der Waals surface area contributed by atoms with Crippen molar-refractivity contribution in [2.45, 2.75) is 51.6 Å². The largest absolute Gasteiger partial charge is 0.508 e. The molecule has 0 amide bonds. The molecule has 1 aromatic heterocycles. The van der Waals surface area contributed by atoms with Gasteiger partial charge in [-0.05, 0) is 66.0 Å². The first-order valence-electron chi connectivity index (χ1n) is 12.5. The highest BCUT2D eigenvalue weighted by Crippen LogP contribution is 2.40. The van der Waals surface area contributed by atoms with Crippen molar-refractivity contribution in [1.82, 2.24) is 15.5 Å². The van der Waals surface area contributed by atoms with E-state index in [-0.39, 0.29) is 5.75 Å². The van der Waals surface area contributed by atoms with Crippen LogP contribution in [0.4, 0.5) is 0 Å². The Bertz CT molecular complexity index is 1300. The predicted octanol–water partition coefficient (Wildman–Crippen LogP) is 6.69. The Hall–Kier alpha value is -3.37. The zero-order valence-electron chi connectivity index (χ0n) is 19.6. The summed E-state index contributed by atoms with van der Waals surface area (Å²) >= 11 is 0. The highest BCUT2D eigenvalue weighted by atomic mass is 16.3. The molecule has 6 rings (SSSR count). The number of phenols is 1. The van der Waals surface area contributed by atoms with Gasteiger partial charge in [-0.2, -0.15) is 5.10 Å². The smallest absolute Gasteiger partial charge is 0.115 e. The Morgan fingerprint density at radius 2 is 1.56 bits per heavy atom. The van der Waals surface area contributed by atoms with Crippen LogP contribution in [-0.4, -0.2) is 21.3 Å². The van der Waals surface area contributed by atoms with E-state index in [0.29, 0.717) is 6.04 Å². The third-order valence-electron chi connectivity index (χ3n) is 7.64. The molecule has 34 heavy (non-hydrogen) atoms. The molecule has 4 heteroatoms. The maximum Gasteiger partial charge on any atom is 0.115 e. The summed E-state index contributed by atoms with van der Waals surface area (Å²) in [5, 5.41) is 21.3. The number of rotatable bonds is 5. The van der Waals surface area contributed by atoms with E-state index in [1.54, 1.807) is 12.1 Å². The van der Waals surface area contributed by atoms with Gasteiger partial charge in [0, 0.05) is 35.7 Å². The zero-order valence-corrected chi connectivity index (χ0v) is 19.6. The molecule has 0 atom stereocenters. The van der Waals surface area contributed by atoms with Crippen LogP contribution in [0, 0.1) is 5.92 Å². The van der Waals surface area contributed by atoms with Gasteiger partial charge in [0.2, 0.25) is 0 Å². The fourth-order valence-corrected chi connectivity index (χ4v) is 5.54. The molecule has 1 fully saturated rings. The van der Waals surface area contributed by atoms with E-state index in [1.165, 1.54) is 47.9 Å². The summed E-state index contributed by atoms with van der Waals surface area (Å²) in [7, 11) is 0. The minimum absolute atomic E-state index is 0.287. The molecule has 4 nitrogen and oxygen atoms in total. The van der Waals surface area contributed by atoms with Crippen molar-refractivity contribution in [2.24, 2.45) is 5.92 Å². The number of aromatic amines is 1. The van der Waals surface area contributed by atoms with E-state index < -0.39 is 0 Å². The number of hydrogen-bond donors (Lipinski definition) is 3. The molecule has 0 unspecified atom stereocenters. The molecule has 2 aliphatic carbocycles. The topological polar surface area (TPSA) is 60.9 Å². The van der Waals surface area contributed by atoms with Gasteiger partial charge >= 0.3 is 0 Å². The molecule has 3 aromatic carbocycles. The van der Waals surface area contributed by atoms with E-state index >= 15 is 0 Å². The number of aromatic hydroxyl groups is 1. The number of nitrogens with one attached hydrogen (secondary N) is 2. The second kappa shape index (κ2) is 8.77. The fourth-order valence-electron chi connectivity index (χ4n) is 5.54. The van der Waals surface area contributed by atoms with Crippen molar-refractivity contribution >= 4 is 0 Å². The van der Waals surface area contributed by atoms with Gasteiger partial charge in [-0.25, -0.2) is 0 Å². The number of nitrogens with zero attached hydrogens (tertiary/aromatic N) is 1. The SMILES string of the molecule is CC1CCC(NCc2ccc3c(c2)Cc2c(-c4ccc(-c5ccc(O)cc5)cc4)n[nH]c2-3)CC1. The molecule has 0 spiro atoms. The van der Waals surface area contributed by atoms with Crippen LogP contribution in [-0.2, 0) is 13.0 Å². The highest BCUT2D eigenvalue weighted by Gasteiger charge is 2.25. The summed E-state index contributed by atoms with van der Waals surface area (Å²) in [5.41, 5.74) is 10.9. The molecule has 0 aliphatic heterocycles. The van der Waals surface area contributed by atoms with Gasteiger partial charge in [-0.1, -0.05) is 61.5 Å². The minimum atomic E-state index is 0.287. The Morgan fingerprint density at radius 3 is 2.29 bits per heavy atom. The molecule has 1 saturated carbocycles. The van der Waals surface area contributed by atoms with Crippen molar-refractivity contribution in [3.63, 3.8) is 0 Å². The lowest BCUT2D eigenvalue weighted by Gasteiger charge is -2.27. The van der Waals surface area contributed by atoms with Gasteiger partial charge in [-0.15, -0.1) is 0 Å². The van der Waals surface area contributed by atoms with E-state index in [0.717, 1.165) is 47.0 Å². The molecule has 1 heterocycles. The fraction of sp³-hybridized carbons (Fsp3) is 0.300. The standard InChI is InChI=1S/C30H31N3O/c1-19-2-11-25(12-3-19)31-18-20-4-15-27-24(16-20)17-28-29(32-33-30(27)28)23-7-5-21(6-8-23)22-9-13-26(34)14-10-22/h4-10,13-16,19,25,31,34H,2-3,11-12,17-18H2,1H3,(H,32,33). The summed E-state index contributed by atoms with van der Waals surface area (Å²) in [6, 6.07) is 23.4. The number of H-pyrrole nitrogens is 1. The molecule has 0 radical (unpaired) electrons. The van der Waals surface area contributed by atoms with Crippen LogP contribution in [0.2, 0.25) is 0 Å². The van der Waals surface area contributed by atoms with Crippen molar-refractivity contribution < 1.29 is 5.11 Å². The van der Waals surface area contributed by atoms with Crippen molar-refractivity contribution in [2.75, 3.05) is 0 Å². The minimum Gasteiger partial charge on any atom is -0.508 e. The van der Waals surface area contributed by atoms with Crippen LogP contribution in [0.3, 0.4) is 0 Å². The summed E-state index contributed by atoms with van der Waals surface area (Å²) < 4.78 is 0. The summed E-state index contributed by atoms with van der Waals surface area (Å²) in [6.45, 7) is 3.32. The number of fused-ring (bicyclic) bond motifs is 3. The lowest BCUT2D eigenvalue weighted by molar-refractivity contribution is 0.306. The van der Waals surface area contributed by atoms with E-state index in [9.17, 15) is 5.11 Å². The molecule has 0 saturated heterocycles. The van der Waals surface area contributed by atoms with E-state index in [2.05, 4.69) is 64.9 Å². The Labute approximate surface area is 201 Å². The number of aromatic nitrogens is 2. The Morgan fingerprint density at radius 1 is 0.882 bits per heavy atom. The molecule has 2 aliphatic rings. The van der Waals surface area contributed by atoms with Crippen LogP contribution in [0.1, 0.15) is 49.3 Å². The maximum absolute atomic E-state index is 9.54. The van der Waals surface area contributed by atoms with Gasteiger partial charge in [0.1, 0.15) is 5.75 Å². The molecule has 3 N–H and O–H groups in total. The lowest BCUT2D eigenvalue weighted by Crippen LogP contribution is -2.32. The van der Waals surface area contributed by atoms with Gasteiger partial charge in [0.05, 0.1) is 11.4 Å². The van der Waals surface area contributed by atoms with Crippen LogP contribution < -0.4 is 5.32 Å². The van der Waals surface area contributed by atoms with Crippen molar-refractivity contribution in [3.05, 3.63) is 83.4 Å². The van der Waals surface area contributed by atoms with Crippen LogP contribution in [0.25, 0.3) is 33.6 Å². The monoisotopic (exact) mass is 449 g/mol. The van der Waals surface area contributed by atoms with Gasteiger partial charge in [-0.3, -0.25) is 5.10 Å². The first-order chi connectivity index (χ1) is 16.6. The van der Waals surface area contributed by atoms with Gasteiger partial charge in [0.15, 0.2) is 0 Å². The first-order valence-corrected chi connectivity index (χ1v) is 12.5. The van der Waals surface area contributed by atoms with E-state index in [1.807, 2.05) is 12.1 Å². The average molecular weight is 450 g/mol.